The third kappa shape index (κ3) is 9.06. The van der Waals surface area contributed by atoms with Gasteiger partial charge in [0, 0.05) is 0 Å². The Hall–Kier alpha value is 1.93. The molecule has 0 rings (SSSR count). The van der Waals surface area contributed by atoms with E-state index in [9.17, 15) is 0 Å². The van der Waals surface area contributed by atoms with Crippen molar-refractivity contribution in [1.29, 1.82) is 0 Å². The number of hydrogen-bond acceptors (Lipinski definition) is 2. The molecule has 0 fully saturated rings. The summed E-state index contributed by atoms with van der Waals surface area (Å²) in [6.07, 6.45) is 0. The first kappa shape index (κ1) is 9.33. The van der Waals surface area contributed by atoms with E-state index in [1.807, 2.05) is 0 Å². The summed E-state index contributed by atoms with van der Waals surface area (Å²) in [5.74, 6) is 0. The molecule has 0 unspecified atom stereocenters. The molecule has 0 aromatic heterocycles. The van der Waals surface area contributed by atoms with Crippen molar-refractivity contribution >= 4 is 39.7 Å². The van der Waals surface area contributed by atoms with Crippen molar-refractivity contribution in [1.82, 2.24) is 0 Å². The van der Waals surface area contributed by atoms with Crippen LogP contribution in [-0.4, -0.2) is 20.6 Å². The van der Waals surface area contributed by atoms with Gasteiger partial charge in [-0.1, -0.05) is 0 Å². The van der Waals surface area contributed by atoms with Gasteiger partial charge >= 0.3 is 57.7 Å². The van der Waals surface area contributed by atoms with Crippen LogP contribution in [-0.2, 0) is 18.0 Å². The topological polar surface area (TPSA) is 0 Å². The van der Waals surface area contributed by atoms with Gasteiger partial charge in [0.25, 0.3) is 0 Å². The molecule has 0 aliphatic heterocycles. The van der Waals surface area contributed by atoms with Crippen LogP contribution in [0.15, 0.2) is 0 Å². The van der Waals surface area contributed by atoms with Gasteiger partial charge in [0.05, 0.1) is 0 Å². The first-order valence-electron chi connectivity index (χ1n) is 0.371. The van der Waals surface area contributed by atoms with E-state index in [1.165, 1.54) is 18.0 Å². The van der Waals surface area contributed by atoms with Crippen molar-refractivity contribution in [3.8, 4) is 0 Å². The summed E-state index contributed by atoms with van der Waals surface area (Å²) >= 11 is 2.67. The van der Waals surface area contributed by atoms with Crippen molar-refractivity contribution in [3.05, 3.63) is 0 Å². The van der Waals surface area contributed by atoms with Crippen molar-refractivity contribution < 1.29 is 18.0 Å². The predicted octanol–water partition coefficient (Wildman–Crippen LogP) is 0.913. The van der Waals surface area contributed by atoms with Gasteiger partial charge in [-0.3, -0.25) is 0 Å². The molecule has 0 saturated carbocycles. The molecule has 0 amide bonds. The number of hydrogen-bond donors (Lipinski definition) is 0. The zero-order valence-corrected chi connectivity index (χ0v) is 8.22. The van der Waals surface area contributed by atoms with E-state index in [2.05, 4.69) is 19.1 Å². The molecule has 0 aromatic rings. The fourth-order valence-corrected chi connectivity index (χ4v) is 0. The molecule has 0 nitrogen and oxygen atoms in total. The summed E-state index contributed by atoms with van der Waals surface area (Å²) in [5, 5.41) is 0. The van der Waals surface area contributed by atoms with E-state index in [0.29, 0.717) is 0 Å². The summed E-state index contributed by atoms with van der Waals surface area (Å²) in [5.41, 5.74) is 0. The van der Waals surface area contributed by atoms with Crippen molar-refractivity contribution in [2.75, 3.05) is 0 Å². The standard InChI is InChI=1S/Mo.2S.Sn. The fraction of sp³-hybridized carbons (Fsp3) is 0. The molecule has 2 radical (unpaired) electrons. The van der Waals surface area contributed by atoms with Crippen molar-refractivity contribution in [2.24, 2.45) is 0 Å². The fourth-order valence-electron chi connectivity index (χ4n) is 0. The maximum absolute atomic E-state index is 4.17. The van der Waals surface area contributed by atoms with E-state index < -0.39 is 0 Å². The molecule has 22 valence electrons. The molecule has 0 bridgehead atoms. The summed E-state index contributed by atoms with van der Waals surface area (Å²) in [6.45, 7) is 0. The van der Waals surface area contributed by atoms with E-state index in [-0.39, 0.29) is 0 Å². The Labute approximate surface area is 56.9 Å². The second-order valence-corrected chi connectivity index (χ2v) is 0. The Morgan fingerprint density at radius 1 is 1.25 bits per heavy atom. The van der Waals surface area contributed by atoms with E-state index >= 15 is 0 Å². The van der Waals surface area contributed by atoms with Crippen LogP contribution < -0.4 is 0 Å². The van der Waals surface area contributed by atoms with E-state index in [4.69, 9.17) is 0 Å². The van der Waals surface area contributed by atoms with Crippen LogP contribution in [0.5, 0.6) is 0 Å². The SMILES string of the molecule is [S]=[Mo].[S]=[Sn]. The average Bonchev–Trinajstić information content (AvgIpc) is 1.50. The predicted molar refractivity (Wildman–Crippen MR) is 20.9 cm³/mol. The third-order valence-corrected chi connectivity index (χ3v) is 0. The third-order valence-electron chi connectivity index (χ3n) is 0. The molecule has 0 aliphatic rings. The zero-order chi connectivity index (χ0) is 4.00. The van der Waals surface area contributed by atoms with Gasteiger partial charge < -0.3 is 0 Å². The minimum atomic E-state index is 1.13. The monoisotopic (exact) mass is 282 g/mol. The van der Waals surface area contributed by atoms with Gasteiger partial charge in [-0.25, -0.2) is 0 Å². The molecule has 0 aliphatic carbocycles. The summed E-state index contributed by atoms with van der Waals surface area (Å²) in [6, 6.07) is 0. The molecular formula is MoS2Sn. The Balaban J connectivity index is 0. The molecule has 0 heterocycles. The number of rotatable bonds is 0. The van der Waals surface area contributed by atoms with Gasteiger partial charge in [-0.15, -0.1) is 0 Å². The normalized spacial score (nSPS) is 2.00. The van der Waals surface area contributed by atoms with Crippen LogP contribution in [0.4, 0.5) is 0 Å². The maximum atomic E-state index is 4.17. The van der Waals surface area contributed by atoms with Gasteiger partial charge in [0.15, 0.2) is 0 Å². The quantitative estimate of drug-likeness (QED) is 0.604. The van der Waals surface area contributed by atoms with Crippen LogP contribution in [0.3, 0.4) is 0 Å². The first-order chi connectivity index (χ1) is 2.00. The van der Waals surface area contributed by atoms with Crippen molar-refractivity contribution in [2.45, 2.75) is 0 Å². The molecule has 4 heteroatoms. The van der Waals surface area contributed by atoms with Crippen LogP contribution in [0.1, 0.15) is 0 Å². The Kier molecular flexibility index (Phi) is 47.7. The van der Waals surface area contributed by atoms with Crippen LogP contribution in [0.2, 0.25) is 0 Å². The molecule has 0 spiro atoms. The second kappa shape index (κ2) is 20.5. The first-order valence-corrected chi connectivity index (χ1v) is 7.07. The molecule has 0 aromatic carbocycles. The Morgan fingerprint density at radius 3 is 1.25 bits per heavy atom. The van der Waals surface area contributed by atoms with Crippen molar-refractivity contribution in [3.63, 3.8) is 0 Å². The molecule has 0 saturated heterocycles. The summed E-state index contributed by atoms with van der Waals surface area (Å²) < 4.78 is 0. The van der Waals surface area contributed by atoms with Gasteiger partial charge in [0.1, 0.15) is 0 Å². The van der Waals surface area contributed by atoms with Crippen LogP contribution in [0, 0.1) is 0 Å². The Morgan fingerprint density at radius 2 is 1.25 bits per heavy atom. The summed E-state index contributed by atoms with van der Waals surface area (Å²) in [4.78, 5) is 0. The van der Waals surface area contributed by atoms with Crippen LogP contribution >= 0.6 is 19.1 Å². The molecule has 0 atom stereocenters. The van der Waals surface area contributed by atoms with E-state index in [0.717, 1.165) is 20.6 Å². The van der Waals surface area contributed by atoms with Crippen LogP contribution in [0.25, 0.3) is 0 Å². The Bertz CT molecular complexity index is 8.00. The van der Waals surface area contributed by atoms with Gasteiger partial charge in [-0.05, 0) is 0 Å². The minimum absolute atomic E-state index is 1.13. The molecule has 0 N–H and O–H groups in total. The molecular weight excluding hydrogens is 279 g/mol. The summed E-state index contributed by atoms with van der Waals surface area (Å²) in [7, 11) is 8.27. The molecule has 4 heavy (non-hydrogen) atoms. The van der Waals surface area contributed by atoms with Gasteiger partial charge in [-0.2, -0.15) is 0 Å². The van der Waals surface area contributed by atoms with E-state index in [1.54, 1.807) is 0 Å². The average molecular weight is 279 g/mol. The van der Waals surface area contributed by atoms with Gasteiger partial charge in [0.2, 0.25) is 0 Å². The second-order valence-electron chi connectivity index (χ2n) is 0. The zero-order valence-electron chi connectivity index (χ0n) is 1.72.